The molecule has 1 heterocycles. The van der Waals surface area contributed by atoms with Gasteiger partial charge in [0.15, 0.2) is 11.6 Å². The third kappa shape index (κ3) is 5.65. The molecular weight excluding hydrogens is 412 g/mol. The summed E-state index contributed by atoms with van der Waals surface area (Å²) in [6.07, 6.45) is 1.44. The first-order valence-corrected chi connectivity index (χ1v) is 10.7. The van der Waals surface area contributed by atoms with Gasteiger partial charge in [0.05, 0.1) is 0 Å². The Labute approximate surface area is 193 Å². The second-order valence-electron chi connectivity index (χ2n) is 7.73. The molecule has 166 valence electrons. The summed E-state index contributed by atoms with van der Waals surface area (Å²) in [6, 6.07) is 27.6. The van der Waals surface area contributed by atoms with E-state index in [2.05, 4.69) is 50.0 Å². The number of nitrogens with one attached hydrogen (secondary N) is 2. The average Bonchev–Trinajstić information content (AvgIpc) is 2.84. The van der Waals surface area contributed by atoms with E-state index in [1.54, 1.807) is 12.1 Å². The van der Waals surface area contributed by atoms with E-state index in [9.17, 15) is 4.79 Å². The minimum Gasteiger partial charge on any atom is -0.393 e. The first kappa shape index (κ1) is 21.8. The molecule has 0 aliphatic heterocycles. The number of nitrogens with two attached hydrogens (primary N) is 1. The Morgan fingerprint density at radius 2 is 1.42 bits per heavy atom. The normalized spacial score (nSPS) is 10.5. The Hall–Kier alpha value is -4.39. The summed E-state index contributed by atoms with van der Waals surface area (Å²) in [7, 11) is 0. The Balaban J connectivity index is 1.56. The fourth-order valence-electron chi connectivity index (χ4n) is 3.44. The van der Waals surface area contributed by atoms with Crippen molar-refractivity contribution >= 4 is 23.2 Å². The van der Waals surface area contributed by atoms with Crippen molar-refractivity contribution in [3.8, 4) is 0 Å². The third-order valence-electron chi connectivity index (χ3n) is 5.20. The summed E-state index contributed by atoms with van der Waals surface area (Å²) in [5.74, 6) is 0.649. The number of rotatable bonds is 8. The van der Waals surface area contributed by atoms with Crippen LogP contribution in [-0.2, 0) is 13.1 Å². The fraction of sp³-hybridized carbons (Fsp3) is 0.115. The average molecular weight is 439 g/mol. The Morgan fingerprint density at radius 1 is 0.848 bits per heavy atom. The number of aryl methyl sites for hydroxylation is 1. The summed E-state index contributed by atoms with van der Waals surface area (Å²) in [5.41, 5.74) is 16.2. The topological polar surface area (TPSA) is 96.2 Å². The van der Waals surface area contributed by atoms with Crippen LogP contribution in [0.15, 0.2) is 91.3 Å². The van der Waals surface area contributed by atoms with E-state index in [4.69, 9.17) is 5.73 Å². The second-order valence-corrected chi connectivity index (χ2v) is 7.73. The van der Waals surface area contributed by atoms with Gasteiger partial charge >= 0.3 is 0 Å². The van der Waals surface area contributed by atoms with Crippen LogP contribution in [0.4, 0.5) is 17.3 Å². The van der Waals surface area contributed by atoms with Crippen molar-refractivity contribution in [2.75, 3.05) is 16.1 Å². The maximum Gasteiger partial charge on any atom is 0.269 e. The van der Waals surface area contributed by atoms with E-state index in [-0.39, 0.29) is 5.91 Å². The number of nitrogen functional groups attached to an aromatic ring is 1. The van der Waals surface area contributed by atoms with Gasteiger partial charge in [-0.15, -0.1) is 0 Å². The van der Waals surface area contributed by atoms with Gasteiger partial charge in [0.25, 0.3) is 5.91 Å². The zero-order chi connectivity index (χ0) is 23.0. The molecule has 4 N–H and O–H groups in total. The number of carbonyl (C=O) groups excluding carboxylic acids is 1. The molecule has 0 saturated heterocycles. The number of hydrogen-bond donors (Lipinski definition) is 3. The van der Waals surface area contributed by atoms with Crippen molar-refractivity contribution in [3.63, 3.8) is 0 Å². The molecule has 1 aromatic heterocycles. The van der Waals surface area contributed by atoms with E-state index in [0.717, 1.165) is 16.7 Å². The van der Waals surface area contributed by atoms with E-state index in [1.165, 1.54) is 6.33 Å². The summed E-state index contributed by atoms with van der Waals surface area (Å²) in [6.45, 7) is 3.21. The second kappa shape index (κ2) is 10.3. The molecule has 0 unspecified atom stereocenters. The first-order chi connectivity index (χ1) is 16.1. The smallest absolute Gasteiger partial charge is 0.269 e. The molecule has 0 bridgehead atoms. The van der Waals surface area contributed by atoms with Crippen molar-refractivity contribution in [2.24, 2.45) is 0 Å². The molecule has 4 aromatic rings. The van der Waals surface area contributed by atoms with Crippen LogP contribution in [0.2, 0.25) is 0 Å². The molecule has 0 aliphatic rings. The van der Waals surface area contributed by atoms with Crippen LogP contribution in [-0.4, -0.2) is 15.9 Å². The number of benzene rings is 3. The highest BCUT2D eigenvalue weighted by Crippen LogP contribution is 2.28. The van der Waals surface area contributed by atoms with E-state index < -0.39 is 0 Å². The molecule has 0 aliphatic carbocycles. The van der Waals surface area contributed by atoms with Gasteiger partial charge in [-0.25, -0.2) is 9.97 Å². The molecular formula is C26H26N6O. The number of hydrogen-bond acceptors (Lipinski definition) is 6. The lowest BCUT2D eigenvalue weighted by Gasteiger charge is -2.26. The maximum atomic E-state index is 12.5. The molecule has 33 heavy (non-hydrogen) atoms. The third-order valence-corrected chi connectivity index (χ3v) is 5.20. The molecule has 3 aromatic carbocycles. The number of nitrogens with zero attached hydrogens (tertiary/aromatic N) is 3. The SMILES string of the molecule is Cc1ccc(C(=O)NNc2ncnc(N(Cc3ccccc3)Cc3ccccc3)c2N)cc1. The summed E-state index contributed by atoms with van der Waals surface area (Å²) >= 11 is 0. The van der Waals surface area contributed by atoms with E-state index in [0.29, 0.717) is 36.0 Å². The monoisotopic (exact) mass is 438 g/mol. The van der Waals surface area contributed by atoms with Gasteiger partial charge in [-0.05, 0) is 30.2 Å². The molecule has 4 rings (SSSR count). The van der Waals surface area contributed by atoms with Crippen LogP contribution in [0.25, 0.3) is 0 Å². The van der Waals surface area contributed by atoms with E-state index in [1.807, 2.05) is 55.5 Å². The van der Waals surface area contributed by atoms with E-state index >= 15 is 0 Å². The van der Waals surface area contributed by atoms with Gasteiger partial charge in [0, 0.05) is 18.7 Å². The van der Waals surface area contributed by atoms with Crippen molar-refractivity contribution in [3.05, 3.63) is 114 Å². The van der Waals surface area contributed by atoms with Crippen molar-refractivity contribution < 1.29 is 4.79 Å². The number of anilines is 3. The van der Waals surface area contributed by atoms with Gasteiger partial charge in [-0.2, -0.15) is 0 Å². The highest BCUT2D eigenvalue weighted by molar-refractivity contribution is 5.95. The molecule has 0 spiro atoms. The molecule has 0 saturated carbocycles. The maximum absolute atomic E-state index is 12.5. The highest BCUT2D eigenvalue weighted by atomic mass is 16.2. The zero-order valence-corrected chi connectivity index (χ0v) is 18.4. The first-order valence-electron chi connectivity index (χ1n) is 10.7. The number of amides is 1. The van der Waals surface area contributed by atoms with Crippen LogP contribution in [0.5, 0.6) is 0 Å². The summed E-state index contributed by atoms with van der Waals surface area (Å²) in [5, 5.41) is 0. The minimum absolute atomic E-state index is 0.278. The Kier molecular flexibility index (Phi) is 6.80. The van der Waals surface area contributed by atoms with Gasteiger partial charge < -0.3 is 10.6 Å². The molecule has 0 atom stereocenters. The lowest BCUT2D eigenvalue weighted by molar-refractivity contribution is 0.0962. The zero-order valence-electron chi connectivity index (χ0n) is 18.4. The van der Waals surface area contributed by atoms with Gasteiger partial charge in [-0.1, -0.05) is 78.4 Å². The predicted molar refractivity (Wildman–Crippen MR) is 131 cm³/mol. The Bertz CT molecular complexity index is 1160. The highest BCUT2D eigenvalue weighted by Gasteiger charge is 2.17. The lowest BCUT2D eigenvalue weighted by Crippen LogP contribution is -2.31. The minimum atomic E-state index is -0.278. The van der Waals surface area contributed by atoms with Crippen LogP contribution in [0.3, 0.4) is 0 Å². The fourth-order valence-corrected chi connectivity index (χ4v) is 3.44. The molecule has 0 fully saturated rings. The lowest BCUT2D eigenvalue weighted by atomic mass is 10.1. The summed E-state index contributed by atoms with van der Waals surface area (Å²) in [4.78, 5) is 23.3. The quantitative estimate of drug-likeness (QED) is 0.354. The number of carbonyl (C=O) groups is 1. The van der Waals surface area contributed by atoms with Gasteiger partial charge in [0.2, 0.25) is 0 Å². The summed E-state index contributed by atoms with van der Waals surface area (Å²) < 4.78 is 0. The van der Waals surface area contributed by atoms with Crippen molar-refractivity contribution in [2.45, 2.75) is 20.0 Å². The largest absolute Gasteiger partial charge is 0.393 e. The Morgan fingerprint density at radius 3 is 2.00 bits per heavy atom. The van der Waals surface area contributed by atoms with Crippen LogP contribution >= 0.6 is 0 Å². The van der Waals surface area contributed by atoms with Crippen LogP contribution < -0.4 is 21.5 Å². The van der Waals surface area contributed by atoms with Gasteiger partial charge in [0.1, 0.15) is 12.0 Å². The van der Waals surface area contributed by atoms with Crippen LogP contribution in [0.1, 0.15) is 27.0 Å². The van der Waals surface area contributed by atoms with Crippen molar-refractivity contribution in [1.82, 2.24) is 15.4 Å². The molecule has 0 radical (unpaired) electrons. The molecule has 7 heteroatoms. The van der Waals surface area contributed by atoms with Crippen molar-refractivity contribution in [1.29, 1.82) is 0 Å². The number of hydrazine groups is 1. The van der Waals surface area contributed by atoms with Crippen LogP contribution in [0, 0.1) is 6.92 Å². The van der Waals surface area contributed by atoms with Gasteiger partial charge in [-0.3, -0.25) is 15.6 Å². The predicted octanol–water partition coefficient (Wildman–Crippen LogP) is 4.33. The molecule has 7 nitrogen and oxygen atoms in total. The number of aromatic nitrogens is 2. The molecule has 1 amide bonds. The standard InChI is InChI=1S/C26H26N6O/c1-19-12-14-22(15-13-19)26(33)31-30-24-23(27)25(29-18-28-24)32(16-20-8-4-2-5-9-20)17-21-10-6-3-7-11-21/h2-15,18H,16-17,27H2,1H3,(H,31,33)(H,28,29,30).